The van der Waals surface area contributed by atoms with Gasteiger partial charge in [-0.05, 0) is 39.0 Å². The predicted octanol–water partition coefficient (Wildman–Crippen LogP) is 1.07. The number of hydrogen-bond donors (Lipinski definition) is 1. The van der Waals surface area contributed by atoms with Gasteiger partial charge >= 0.3 is 0 Å². The normalized spacial score (nSPS) is 15.9. The molecule has 0 radical (unpaired) electrons. The molecule has 17 heavy (non-hydrogen) atoms. The van der Waals surface area contributed by atoms with E-state index in [2.05, 4.69) is 16.4 Å². The molecule has 0 unspecified atom stereocenters. The summed E-state index contributed by atoms with van der Waals surface area (Å²) in [7, 11) is 0. The van der Waals surface area contributed by atoms with E-state index in [1.54, 1.807) is 18.5 Å². The summed E-state index contributed by atoms with van der Waals surface area (Å²) >= 11 is 0. The molecule has 0 spiro atoms. The minimum atomic E-state index is -0.810. The lowest BCUT2D eigenvalue weighted by Crippen LogP contribution is -2.28. The van der Waals surface area contributed by atoms with E-state index in [4.69, 9.17) is 5.26 Å². The van der Waals surface area contributed by atoms with E-state index in [0.717, 1.165) is 17.8 Å². The van der Waals surface area contributed by atoms with Crippen molar-refractivity contribution in [1.29, 1.82) is 5.26 Å². The van der Waals surface area contributed by atoms with Crippen LogP contribution in [-0.2, 0) is 19.4 Å². The topological polar surface area (TPSA) is 74.7 Å². The average Bonchev–Trinajstić information content (AvgIpc) is 2.95. The zero-order chi connectivity index (χ0) is 12.5. The van der Waals surface area contributed by atoms with Gasteiger partial charge in [0.15, 0.2) is 0 Å². The number of nitriles is 1. The van der Waals surface area contributed by atoms with E-state index in [9.17, 15) is 5.11 Å². The average molecular weight is 234 g/mol. The van der Waals surface area contributed by atoms with Crippen molar-refractivity contribution in [2.24, 2.45) is 5.92 Å². The molecule has 5 heteroatoms. The van der Waals surface area contributed by atoms with Gasteiger partial charge in [0.05, 0.1) is 36.0 Å². The molecule has 0 aliphatic heterocycles. The molecule has 1 aromatic rings. The lowest BCUT2D eigenvalue weighted by molar-refractivity contribution is 0.0561. The van der Waals surface area contributed by atoms with Crippen LogP contribution in [-0.4, -0.2) is 25.7 Å². The molecule has 1 heterocycles. The molecule has 0 saturated heterocycles. The summed E-state index contributed by atoms with van der Waals surface area (Å²) < 4.78 is 1.75. The molecule has 1 aliphatic carbocycles. The maximum Gasteiger partial charge on any atom is 0.0999 e. The van der Waals surface area contributed by atoms with Gasteiger partial charge in [-0.25, -0.2) is 4.68 Å². The SMILES string of the molecule is CC(C)(O)Cn1nnc(CC#N)c1CC1CC1. The highest BCUT2D eigenvalue weighted by Crippen LogP contribution is 2.33. The number of rotatable bonds is 5. The maximum atomic E-state index is 9.83. The fraction of sp³-hybridized carbons (Fsp3) is 0.750. The van der Waals surface area contributed by atoms with Crippen LogP contribution in [0.15, 0.2) is 0 Å². The Bertz CT molecular complexity index is 434. The zero-order valence-electron chi connectivity index (χ0n) is 10.3. The Morgan fingerprint density at radius 2 is 2.24 bits per heavy atom. The molecule has 1 aromatic heterocycles. The Kier molecular flexibility index (Phi) is 3.16. The lowest BCUT2D eigenvalue weighted by atomic mass is 10.1. The van der Waals surface area contributed by atoms with Crippen LogP contribution >= 0.6 is 0 Å². The molecule has 5 nitrogen and oxygen atoms in total. The summed E-state index contributed by atoms with van der Waals surface area (Å²) in [5, 5.41) is 26.7. The van der Waals surface area contributed by atoms with Crippen LogP contribution in [0.4, 0.5) is 0 Å². The first kappa shape index (κ1) is 12.1. The van der Waals surface area contributed by atoms with E-state index in [1.165, 1.54) is 12.8 Å². The van der Waals surface area contributed by atoms with Gasteiger partial charge in [0.2, 0.25) is 0 Å². The first-order chi connectivity index (χ1) is 7.99. The highest BCUT2D eigenvalue weighted by atomic mass is 16.3. The summed E-state index contributed by atoms with van der Waals surface area (Å²) in [6.07, 6.45) is 3.73. The summed E-state index contributed by atoms with van der Waals surface area (Å²) in [6.45, 7) is 3.92. The summed E-state index contributed by atoms with van der Waals surface area (Å²) in [5.41, 5.74) is 0.982. The first-order valence-electron chi connectivity index (χ1n) is 6.00. The van der Waals surface area contributed by atoms with Gasteiger partial charge in [0.25, 0.3) is 0 Å². The largest absolute Gasteiger partial charge is 0.389 e. The Balaban J connectivity index is 2.21. The molecule has 0 amide bonds. The van der Waals surface area contributed by atoms with Gasteiger partial charge in [-0.3, -0.25) is 0 Å². The Morgan fingerprint density at radius 1 is 1.53 bits per heavy atom. The number of aromatic nitrogens is 3. The number of nitrogens with zero attached hydrogens (tertiary/aromatic N) is 4. The monoisotopic (exact) mass is 234 g/mol. The zero-order valence-corrected chi connectivity index (χ0v) is 10.3. The van der Waals surface area contributed by atoms with Crippen LogP contribution in [0.3, 0.4) is 0 Å². The van der Waals surface area contributed by atoms with Gasteiger partial charge < -0.3 is 5.11 Å². The molecule has 1 N–H and O–H groups in total. The molecule has 1 fully saturated rings. The Labute approximate surface area is 101 Å². The van der Waals surface area contributed by atoms with E-state index in [-0.39, 0.29) is 0 Å². The fourth-order valence-corrected chi connectivity index (χ4v) is 1.89. The van der Waals surface area contributed by atoms with Crippen LogP contribution in [0.1, 0.15) is 38.1 Å². The lowest BCUT2D eigenvalue weighted by Gasteiger charge is -2.18. The molecular formula is C12H18N4O. The van der Waals surface area contributed by atoms with Crippen molar-refractivity contribution in [3.05, 3.63) is 11.4 Å². The van der Waals surface area contributed by atoms with Crippen molar-refractivity contribution >= 4 is 0 Å². The van der Waals surface area contributed by atoms with Gasteiger partial charge in [0.1, 0.15) is 0 Å². The van der Waals surface area contributed by atoms with Gasteiger partial charge in [-0.15, -0.1) is 5.10 Å². The summed E-state index contributed by atoms with van der Waals surface area (Å²) in [6, 6.07) is 2.12. The second kappa shape index (κ2) is 4.46. The summed E-state index contributed by atoms with van der Waals surface area (Å²) in [4.78, 5) is 0. The highest BCUT2D eigenvalue weighted by molar-refractivity contribution is 5.16. The van der Waals surface area contributed by atoms with Crippen molar-refractivity contribution in [3.8, 4) is 6.07 Å². The minimum Gasteiger partial charge on any atom is -0.389 e. The van der Waals surface area contributed by atoms with Crippen LogP contribution in [0, 0.1) is 17.2 Å². The van der Waals surface area contributed by atoms with Crippen LogP contribution in [0.25, 0.3) is 0 Å². The van der Waals surface area contributed by atoms with Crippen molar-refractivity contribution in [1.82, 2.24) is 15.0 Å². The van der Waals surface area contributed by atoms with E-state index in [1.807, 2.05) is 0 Å². The molecule has 92 valence electrons. The molecule has 0 atom stereocenters. The number of hydrogen-bond acceptors (Lipinski definition) is 4. The van der Waals surface area contributed by atoms with E-state index < -0.39 is 5.60 Å². The molecule has 0 aromatic carbocycles. The second-order valence-electron chi connectivity index (χ2n) is 5.44. The Morgan fingerprint density at radius 3 is 2.76 bits per heavy atom. The maximum absolute atomic E-state index is 9.83. The minimum absolute atomic E-state index is 0.300. The van der Waals surface area contributed by atoms with Gasteiger partial charge in [-0.2, -0.15) is 5.26 Å². The molecule has 1 aliphatic rings. The van der Waals surface area contributed by atoms with Crippen molar-refractivity contribution in [2.45, 2.75) is 51.7 Å². The van der Waals surface area contributed by atoms with Crippen molar-refractivity contribution in [3.63, 3.8) is 0 Å². The van der Waals surface area contributed by atoms with Crippen LogP contribution in [0.5, 0.6) is 0 Å². The van der Waals surface area contributed by atoms with Gasteiger partial charge in [0, 0.05) is 0 Å². The smallest absolute Gasteiger partial charge is 0.0999 e. The second-order valence-corrected chi connectivity index (χ2v) is 5.44. The third kappa shape index (κ3) is 3.27. The number of aliphatic hydroxyl groups is 1. The van der Waals surface area contributed by atoms with Gasteiger partial charge in [-0.1, -0.05) is 5.21 Å². The molecule has 2 rings (SSSR count). The van der Waals surface area contributed by atoms with Crippen molar-refractivity contribution in [2.75, 3.05) is 0 Å². The van der Waals surface area contributed by atoms with E-state index in [0.29, 0.717) is 18.9 Å². The third-order valence-corrected chi connectivity index (χ3v) is 2.88. The van der Waals surface area contributed by atoms with Crippen LogP contribution < -0.4 is 0 Å². The van der Waals surface area contributed by atoms with E-state index >= 15 is 0 Å². The predicted molar refractivity (Wildman–Crippen MR) is 62.1 cm³/mol. The fourth-order valence-electron chi connectivity index (χ4n) is 1.89. The quantitative estimate of drug-likeness (QED) is 0.826. The molecule has 1 saturated carbocycles. The molecular weight excluding hydrogens is 216 g/mol. The van der Waals surface area contributed by atoms with Crippen LogP contribution in [0.2, 0.25) is 0 Å². The standard InChI is InChI=1S/C12H18N4O/c1-12(2,17)8-16-11(7-9-3-4-9)10(5-6-13)14-15-16/h9,17H,3-5,7-8H2,1-2H3. The first-order valence-corrected chi connectivity index (χ1v) is 6.00. The molecule has 0 bridgehead atoms. The third-order valence-electron chi connectivity index (χ3n) is 2.88. The summed E-state index contributed by atoms with van der Waals surface area (Å²) in [5.74, 6) is 0.714. The van der Waals surface area contributed by atoms with Crippen molar-refractivity contribution < 1.29 is 5.11 Å². The Hall–Kier alpha value is -1.41. The highest BCUT2D eigenvalue weighted by Gasteiger charge is 2.27.